The second-order valence-corrected chi connectivity index (χ2v) is 2.71. The molecule has 0 aromatic rings. The molecule has 0 aliphatic carbocycles. The van der Waals surface area contributed by atoms with Crippen LogP contribution in [0, 0.1) is 5.75 Å². The number of aliphatic hydroxyl groups is 1. The van der Waals surface area contributed by atoms with Crippen molar-refractivity contribution in [2.45, 2.75) is 0 Å². The molecule has 5 heteroatoms. The van der Waals surface area contributed by atoms with E-state index in [4.69, 9.17) is 5.11 Å². The van der Waals surface area contributed by atoms with Gasteiger partial charge >= 0.3 is 84.6 Å². The number of hydrogen-bond acceptors (Lipinski definition) is 2. The fourth-order valence-electron chi connectivity index (χ4n) is 0.411. The molecule has 0 aromatic heterocycles. The summed E-state index contributed by atoms with van der Waals surface area (Å²) in [4.78, 5) is 0. The third-order valence-electron chi connectivity index (χ3n) is 0.971. The average Bonchev–Trinajstić information content (AvgIpc) is 1.64. The zero-order valence-electron chi connectivity index (χ0n) is 5.66. The Bertz CT molecular complexity index is 175. The Hall–Kier alpha value is 0.930. The minimum atomic E-state index is -0.105. The third kappa shape index (κ3) is 7.04. The number of aliphatic hydroxyl groups excluding tert-OH is 1. The molecule has 0 aromatic carbocycles. The van der Waals surface area contributed by atoms with Crippen LogP contribution in [0.25, 0.3) is 0 Å². The molecule has 0 radical (unpaired) electrons. The Morgan fingerprint density at radius 3 is 2.40 bits per heavy atom. The SMILES string of the molecule is C[N+](C)(C#P=O)CCO.[NaH]. The number of likely N-dealkylation sites (N-methyl/N-ethyl adjacent to an activating group) is 1. The molecule has 3 nitrogen and oxygen atoms in total. The van der Waals surface area contributed by atoms with Gasteiger partial charge in [-0.2, -0.15) is 0 Å². The zero-order chi connectivity index (χ0) is 7.33. The van der Waals surface area contributed by atoms with Crippen molar-refractivity contribution in [1.82, 2.24) is 0 Å². The molecule has 0 unspecified atom stereocenters. The van der Waals surface area contributed by atoms with E-state index in [-0.39, 0.29) is 44.1 Å². The third-order valence-corrected chi connectivity index (χ3v) is 1.59. The maximum absolute atomic E-state index is 9.98. The molecule has 0 atom stereocenters. The Morgan fingerprint density at radius 1 is 1.60 bits per heavy atom. The van der Waals surface area contributed by atoms with E-state index in [1.807, 2.05) is 14.1 Å². The van der Waals surface area contributed by atoms with Gasteiger partial charge in [-0.3, -0.25) is 0 Å². The molecule has 0 amide bonds. The molecular formula is C5H12NNaO2P+. The average molecular weight is 172 g/mol. The molecule has 10 heavy (non-hydrogen) atoms. The van der Waals surface area contributed by atoms with Crippen molar-refractivity contribution in [3.63, 3.8) is 0 Å². The number of quaternary nitrogens is 1. The van der Waals surface area contributed by atoms with E-state index >= 15 is 0 Å². The standard InChI is InChI=1S/C5H11NO2P.Na.H/c1-6(2,3-4-7)5-9-8;;/h7H,3-4H2,1-2H3;;/q+1;;. The van der Waals surface area contributed by atoms with Crippen LogP contribution in [0.5, 0.6) is 0 Å². The quantitative estimate of drug-likeness (QED) is 0.350. The van der Waals surface area contributed by atoms with Crippen LogP contribution in [-0.4, -0.2) is 66.4 Å². The number of hydrogen-bond donors (Lipinski definition) is 1. The van der Waals surface area contributed by atoms with Crippen molar-refractivity contribution < 1.29 is 14.2 Å². The van der Waals surface area contributed by atoms with E-state index in [0.29, 0.717) is 11.0 Å². The first-order valence-electron chi connectivity index (χ1n) is 2.66. The molecule has 0 fully saturated rings. The van der Waals surface area contributed by atoms with Gasteiger partial charge in [0.15, 0.2) is 0 Å². The molecule has 1 N–H and O–H groups in total. The van der Waals surface area contributed by atoms with Crippen LogP contribution in [-0.2, 0) is 4.57 Å². The van der Waals surface area contributed by atoms with Gasteiger partial charge in [0.2, 0.25) is 0 Å². The summed E-state index contributed by atoms with van der Waals surface area (Å²) in [6.07, 6.45) is 0. The van der Waals surface area contributed by atoms with Gasteiger partial charge in [0.25, 0.3) is 0 Å². The zero-order valence-corrected chi connectivity index (χ0v) is 6.56. The van der Waals surface area contributed by atoms with Crippen LogP contribution in [0.4, 0.5) is 0 Å². The second kappa shape index (κ2) is 6.63. The van der Waals surface area contributed by atoms with Crippen LogP contribution in [0.3, 0.4) is 0 Å². The van der Waals surface area contributed by atoms with Gasteiger partial charge in [-0.1, -0.05) is 0 Å². The molecule has 0 saturated carbocycles. The van der Waals surface area contributed by atoms with Crippen LogP contribution in [0.2, 0.25) is 0 Å². The van der Waals surface area contributed by atoms with Crippen LogP contribution < -0.4 is 0 Å². The number of nitrogens with zero attached hydrogens (tertiary/aromatic N) is 1. The Labute approximate surface area is 84.4 Å². The predicted molar refractivity (Wildman–Crippen MR) is 42.7 cm³/mol. The molecule has 0 aliphatic rings. The van der Waals surface area contributed by atoms with E-state index in [9.17, 15) is 4.57 Å². The normalized spacial score (nSPS) is 9.50. The van der Waals surface area contributed by atoms with E-state index < -0.39 is 0 Å². The van der Waals surface area contributed by atoms with Gasteiger partial charge in [0.1, 0.15) is 0 Å². The molecule has 0 bridgehead atoms. The molecule has 0 rings (SSSR count). The summed E-state index contributed by atoms with van der Waals surface area (Å²) < 4.78 is 10.3. The topological polar surface area (TPSA) is 37.3 Å². The van der Waals surface area contributed by atoms with Crippen molar-refractivity contribution in [2.24, 2.45) is 0 Å². The van der Waals surface area contributed by atoms with Gasteiger partial charge in [-0.05, 0) is 0 Å². The van der Waals surface area contributed by atoms with Gasteiger partial charge in [-0.15, -0.1) is 0 Å². The summed E-state index contributed by atoms with van der Waals surface area (Å²) in [5.74, 6) is 2.62. The fraction of sp³-hybridized carbons (Fsp3) is 0.800. The monoisotopic (exact) mass is 172 g/mol. The van der Waals surface area contributed by atoms with E-state index in [1.165, 1.54) is 0 Å². The minimum absolute atomic E-state index is 0. The summed E-state index contributed by atoms with van der Waals surface area (Å²) in [5.41, 5.74) is 0. The van der Waals surface area contributed by atoms with Crippen molar-refractivity contribution >= 4 is 37.5 Å². The molecule has 0 saturated heterocycles. The Balaban J connectivity index is 0. The first-order chi connectivity index (χ1) is 4.12. The van der Waals surface area contributed by atoms with Crippen LogP contribution >= 0.6 is 7.92 Å². The summed E-state index contributed by atoms with van der Waals surface area (Å²) >= 11 is 0. The first-order valence-corrected chi connectivity index (χ1v) is 3.47. The van der Waals surface area contributed by atoms with Crippen molar-refractivity contribution in [3.8, 4) is 5.75 Å². The van der Waals surface area contributed by atoms with Crippen molar-refractivity contribution in [3.05, 3.63) is 0 Å². The summed E-state index contributed by atoms with van der Waals surface area (Å²) in [6.45, 7) is 0.644. The second-order valence-electron chi connectivity index (χ2n) is 2.32. The summed E-state index contributed by atoms with van der Waals surface area (Å²) in [6, 6.07) is 0. The fourth-order valence-corrected chi connectivity index (χ4v) is 0.732. The Kier molecular flexibility index (Phi) is 8.96. The van der Waals surface area contributed by atoms with E-state index in [1.54, 1.807) is 0 Å². The van der Waals surface area contributed by atoms with Gasteiger partial charge in [0.05, 0.1) is 0 Å². The molecular weight excluding hydrogens is 160 g/mol. The Morgan fingerprint density at radius 2 is 2.10 bits per heavy atom. The molecule has 54 valence electrons. The van der Waals surface area contributed by atoms with Crippen LogP contribution in [0.1, 0.15) is 0 Å². The van der Waals surface area contributed by atoms with E-state index in [0.717, 1.165) is 0 Å². The molecule has 0 aliphatic heterocycles. The van der Waals surface area contributed by atoms with Gasteiger partial charge in [0, 0.05) is 0 Å². The van der Waals surface area contributed by atoms with Crippen molar-refractivity contribution in [2.75, 3.05) is 27.2 Å². The predicted octanol–water partition coefficient (Wildman–Crippen LogP) is -0.385. The first kappa shape index (κ1) is 13.5. The van der Waals surface area contributed by atoms with E-state index in [2.05, 4.69) is 5.75 Å². The maximum atomic E-state index is 9.98. The van der Waals surface area contributed by atoms with Gasteiger partial charge in [-0.25, -0.2) is 0 Å². The molecule has 0 heterocycles. The van der Waals surface area contributed by atoms with Crippen LogP contribution in [0.15, 0.2) is 0 Å². The van der Waals surface area contributed by atoms with Crippen molar-refractivity contribution in [1.29, 1.82) is 0 Å². The van der Waals surface area contributed by atoms with Gasteiger partial charge < -0.3 is 0 Å². The summed E-state index contributed by atoms with van der Waals surface area (Å²) in [5, 5.41) is 8.47. The summed E-state index contributed by atoms with van der Waals surface area (Å²) in [7, 11) is 3.54. The molecule has 0 spiro atoms. The number of rotatable bonds is 2.